The van der Waals surface area contributed by atoms with Crippen LogP contribution in [-0.4, -0.2) is 41.2 Å². The molecular weight excluding hydrogens is 291 g/mol. The fourth-order valence-electron chi connectivity index (χ4n) is 1.37. The third kappa shape index (κ3) is 13.5. The molecule has 2 unspecified atom stereocenters. The second-order valence-corrected chi connectivity index (χ2v) is 5.78. The Hall–Kier alpha value is -1.50. The predicted octanol–water partition coefficient (Wildman–Crippen LogP) is 2.30. The van der Waals surface area contributed by atoms with Crippen LogP contribution in [0.25, 0.3) is 0 Å². The minimum absolute atomic E-state index is 0.171. The van der Waals surface area contributed by atoms with Crippen molar-refractivity contribution >= 4 is 18.1 Å². The maximum atomic E-state index is 13.1. The minimum atomic E-state index is -2.05. The predicted molar refractivity (Wildman–Crippen MR) is 81.8 cm³/mol. The summed E-state index contributed by atoms with van der Waals surface area (Å²) in [5, 5.41) is 11.3. The lowest BCUT2D eigenvalue weighted by Gasteiger charge is -2.20. The fourth-order valence-corrected chi connectivity index (χ4v) is 1.37. The number of alkyl halides is 1. The fraction of sp³-hybridized carbons (Fsp3) is 0.800. The summed E-state index contributed by atoms with van der Waals surface area (Å²) in [7, 11) is 0. The number of Topliss-reactive ketones (excluding diaryl/α,β-unsaturated/α-hetero) is 1. The Morgan fingerprint density at radius 1 is 1.32 bits per heavy atom. The number of ketones is 1. The molecule has 0 aromatic carbocycles. The van der Waals surface area contributed by atoms with E-state index in [1.807, 2.05) is 12.2 Å². The number of nitrogens with one attached hydrogen (secondary N) is 1. The zero-order chi connectivity index (χ0) is 17.7. The Labute approximate surface area is 132 Å². The van der Waals surface area contributed by atoms with Gasteiger partial charge in [-0.1, -0.05) is 40.5 Å². The number of hydroxylamine groups is 2. The zero-order valence-electron chi connectivity index (χ0n) is 14.1. The number of amides is 2. The third-order valence-electron chi connectivity index (χ3n) is 2.43. The van der Waals surface area contributed by atoms with Crippen molar-refractivity contribution < 1.29 is 24.0 Å². The molecule has 0 heterocycles. The van der Waals surface area contributed by atoms with E-state index in [-0.39, 0.29) is 13.0 Å². The highest BCUT2D eigenvalue weighted by molar-refractivity contribution is 5.87. The van der Waals surface area contributed by atoms with E-state index in [4.69, 9.17) is 5.21 Å². The molecule has 0 radical (unpaired) electrons. The van der Waals surface area contributed by atoms with Gasteiger partial charge >= 0.3 is 0 Å². The molecule has 0 aliphatic heterocycles. The number of halogens is 1. The SMILES string of the molecule is CC(C)C.CCCCC(CN(O)C=O)C(=O)NC(F)C(C)=O. The van der Waals surface area contributed by atoms with E-state index in [0.717, 1.165) is 19.3 Å². The van der Waals surface area contributed by atoms with Gasteiger partial charge in [-0.3, -0.25) is 19.6 Å². The van der Waals surface area contributed by atoms with Crippen molar-refractivity contribution in [3.05, 3.63) is 0 Å². The van der Waals surface area contributed by atoms with Crippen LogP contribution in [0.1, 0.15) is 53.9 Å². The smallest absolute Gasteiger partial charge is 0.233 e. The average molecular weight is 320 g/mol. The molecule has 2 atom stereocenters. The van der Waals surface area contributed by atoms with E-state index in [1.165, 1.54) is 0 Å². The van der Waals surface area contributed by atoms with Gasteiger partial charge in [0.1, 0.15) is 0 Å². The lowest BCUT2D eigenvalue weighted by atomic mass is 10.0. The van der Waals surface area contributed by atoms with Crippen LogP contribution in [-0.2, 0) is 14.4 Å². The Kier molecular flexibility index (Phi) is 13.6. The van der Waals surface area contributed by atoms with Crippen LogP contribution in [0.15, 0.2) is 0 Å². The molecule has 2 amide bonds. The number of carbonyl (C=O) groups excluding carboxylic acids is 3. The minimum Gasteiger partial charge on any atom is -0.320 e. The summed E-state index contributed by atoms with van der Waals surface area (Å²) in [4.78, 5) is 32.6. The van der Waals surface area contributed by atoms with E-state index in [1.54, 1.807) is 0 Å². The van der Waals surface area contributed by atoms with Gasteiger partial charge in [-0.25, -0.2) is 9.45 Å². The van der Waals surface area contributed by atoms with Crippen molar-refractivity contribution in [1.82, 2.24) is 10.4 Å². The van der Waals surface area contributed by atoms with Gasteiger partial charge in [0.05, 0.1) is 12.5 Å². The van der Waals surface area contributed by atoms with Crippen molar-refractivity contribution in [3.63, 3.8) is 0 Å². The van der Waals surface area contributed by atoms with Gasteiger partial charge in [-0.2, -0.15) is 0 Å². The van der Waals surface area contributed by atoms with Gasteiger partial charge in [0.25, 0.3) is 0 Å². The maximum Gasteiger partial charge on any atom is 0.233 e. The van der Waals surface area contributed by atoms with Crippen LogP contribution in [0.5, 0.6) is 0 Å². The van der Waals surface area contributed by atoms with Crippen molar-refractivity contribution in [2.75, 3.05) is 6.54 Å². The molecule has 0 saturated carbocycles. The number of rotatable bonds is 9. The van der Waals surface area contributed by atoms with Crippen LogP contribution in [0.2, 0.25) is 0 Å². The second kappa shape index (κ2) is 13.2. The largest absolute Gasteiger partial charge is 0.320 e. The molecule has 0 saturated heterocycles. The first kappa shape index (κ1) is 22.8. The van der Waals surface area contributed by atoms with Gasteiger partial charge in [0, 0.05) is 0 Å². The monoisotopic (exact) mass is 320 g/mol. The Morgan fingerprint density at radius 2 is 1.82 bits per heavy atom. The summed E-state index contributed by atoms with van der Waals surface area (Å²) in [6.07, 6.45) is 0.0382. The topological polar surface area (TPSA) is 86.7 Å². The van der Waals surface area contributed by atoms with E-state index in [9.17, 15) is 18.8 Å². The summed E-state index contributed by atoms with van der Waals surface area (Å²) >= 11 is 0. The Bertz CT molecular complexity index is 335. The molecule has 0 aromatic rings. The lowest BCUT2D eigenvalue weighted by molar-refractivity contribution is -0.155. The van der Waals surface area contributed by atoms with E-state index >= 15 is 0 Å². The first-order chi connectivity index (χ1) is 10.1. The first-order valence-electron chi connectivity index (χ1n) is 7.51. The molecule has 7 heteroatoms. The molecule has 0 rings (SSSR count). The quantitative estimate of drug-likeness (QED) is 0.295. The first-order valence-corrected chi connectivity index (χ1v) is 7.51. The van der Waals surface area contributed by atoms with Gasteiger partial charge in [0.2, 0.25) is 18.6 Å². The van der Waals surface area contributed by atoms with Crippen LogP contribution < -0.4 is 5.32 Å². The highest BCUT2D eigenvalue weighted by Gasteiger charge is 2.24. The molecule has 0 spiro atoms. The normalized spacial score (nSPS) is 12.7. The average Bonchev–Trinajstić information content (AvgIpc) is 2.41. The molecule has 0 aliphatic rings. The Morgan fingerprint density at radius 3 is 2.18 bits per heavy atom. The van der Waals surface area contributed by atoms with Crippen LogP contribution in [0, 0.1) is 11.8 Å². The molecule has 0 bridgehead atoms. The molecule has 0 fully saturated rings. The molecule has 6 nitrogen and oxygen atoms in total. The Balaban J connectivity index is 0. The summed E-state index contributed by atoms with van der Waals surface area (Å²) < 4.78 is 13.1. The summed E-state index contributed by atoms with van der Waals surface area (Å²) in [5.74, 6) is -1.39. The molecule has 22 heavy (non-hydrogen) atoms. The highest BCUT2D eigenvalue weighted by Crippen LogP contribution is 2.10. The second-order valence-electron chi connectivity index (χ2n) is 5.78. The highest BCUT2D eigenvalue weighted by atomic mass is 19.1. The van der Waals surface area contributed by atoms with Crippen LogP contribution >= 0.6 is 0 Å². The van der Waals surface area contributed by atoms with Crippen molar-refractivity contribution in [2.24, 2.45) is 11.8 Å². The standard InChI is InChI=1S/C11H19FN2O4.C4H10/c1-3-4-5-9(6-14(18)7-15)11(17)13-10(12)8(2)16;1-4(2)3/h7,9-10,18H,3-6H2,1-2H3,(H,13,17);4H,1-3H3. The molecule has 0 aromatic heterocycles. The number of hydrogen-bond donors (Lipinski definition) is 2. The molecule has 2 N–H and O–H groups in total. The molecular formula is C15H29FN2O4. The van der Waals surface area contributed by atoms with E-state index < -0.39 is 23.9 Å². The van der Waals surface area contributed by atoms with Crippen LogP contribution in [0.3, 0.4) is 0 Å². The zero-order valence-corrected chi connectivity index (χ0v) is 14.1. The van der Waals surface area contributed by atoms with Crippen LogP contribution in [0.4, 0.5) is 4.39 Å². The number of unbranched alkanes of at least 4 members (excludes halogenated alkanes) is 1. The van der Waals surface area contributed by atoms with Crippen molar-refractivity contribution in [3.8, 4) is 0 Å². The summed E-state index contributed by atoms with van der Waals surface area (Å²) in [6, 6.07) is 0. The number of hydrogen-bond acceptors (Lipinski definition) is 4. The molecule has 130 valence electrons. The van der Waals surface area contributed by atoms with E-state index in [0.29, 0.717) is 17.9 Å². The van der Waals surface area contributed by atoms with Crippen molar-refractivity contribution in [1.29, 1.82) is 0 Å². The summed E-state index contributed by atoms with van der Waals surface area (Å²) in [5.41, 5.74) is 0. The van der Waals surface area contributed by atoms with Gasteiger partial charge in [-0.15, -0.1) is 0 Å². The van der Waals surface area contributed by atoms with E-state index in [2.05, 4.69) is 20.8 Å². The third-order valence-corrected chi connectivity index (χ3v) is 2.43. The van der Waals surface area contributed by atoms with Gasteiger partial charge < -0.3 is 5.32 Å². The van der Waals surface area contributed by atoms with Gasteiger partial charge in [-0.05, 0) is 19.3 Å². The molecule has 0 aliphatic carbocycles. The maximum absolute atomic E-state index is 13.1. The number of nitrogens with zero attached hydrogens (tertiary/aromatic N) is 1. The van der Waals surface area contributed by atoms with Crippen molar-refractivity contribution in [2.45, 2.75) is 60.2 Å². The lowest BCUT2D eigenvalue weighted by Crippen LogP contribution is -2.43. The van der Waals surface area contributed by atoms with Gasteiger partial charge in [0.15, 0.2) is 5.78 Å². The number of carbonyl (C=O) groups is 3. The summed E-state index contributed by atoms with van der Waals surface area (Å²) in [6.45, 7) is 9.22.